The maximum Gasteiger partial charge on any atom is 0.0613 e. The Kier molecular flexibility index (Phi) is 6.31. The number of hydrogen-bond acceptors (Lipinski definition) is 3. The lowest BCUT2D eigenvalue weighted by atomic mass is 9.78. The molecule has 2 rings (SSSR count). The summed E-state index contributed by atoms with van der Waals surface area (Å²) in [5.74, 6) is 0. The number of nitrogens with one attached hydrogen (secondary N) is 1. The predicted octanol–water partition coefficient (Wildman–Crippen LogP) is 2.92. The van der Waals surface area contributed by atoms with Crippen LogP contribution in [-0.2, 0) is 0 Å². The molecule has 2 saturated carbocycles. The summed E-state index contributed by atoms with van der Waals surface area (Å²) in [4.78, 5) is 2.65. The van der Waals surface area contributed by atoms with Crippen LogP contribution in [0.25, 0.3) is 0 Å². The van der Waals surface area contributed by atoms with Gasteiger partial charge in [-0.25, -0.2) is 0 Å². The Bertz CT molecular complexity index is 278. The molecule has 0 spiro atoms. The van der Waals surface area contributed by atoms with Crippen LogP contribution in [0.3, 0.4) is 0 Å². The number of aliphatic hydroxyl groups excluding tert-OH is 1. The van der Waals surface area contributed by atoms with E-state index in [1.165, 1.54) is 44.9 Å². The molecule has 3 nitrogen and oxygen atoms in total. The van der Waals surface area contributed by atoms with Gasteiger partial charge >= 0.3 is 0 Å². The number of rotatable bonds is 6. The van der Waals surface area contributed by atoms with Gasteiger partial charge in [0.15, 0.2) is 0 Å². The lowest BCUT2D eigenvalue weighted by Gasteiger charge is -2.46. The molecule has 2 aliphatic carbocycles. The van der Waals surface area contributed by atoms with Crippen LogP contribution in [0.2, 0.25) is 0 Å². The average molecular weight is 282 g/mol. The highest BCUT2D eigenvalue weighted by atomic mass is 16.3. The van der Waals surface area contributed by atoms with Crippen LogP contribution in [0.15, 0.2) is 0 Å². The van der Waals surface area contributed by atoms with Gasteiger partial charge in [0.1, 0.15) is 0 Å². The maximum absolute atomic E-state index is 9.90. The summed E-state index contributed by atoms with van der Waals surface area (Å²) in [5, 5.41) is 13.5. The van der Waals surface area contributed by atoms with E-state index < -0.39 is 0 Å². The fourth-order valence-corrected chi connectivity index (χ4v) is 4.22. The lowest BCUT2D eigenvalue weighted by molar-refractivity contribution is 0.0440. The first kappa shape index (κ1) is 16.3. The minimum Gasteiger partial charge on any atom is -0.394 e. The van der Waals surface area contributed by atoms with Gasteiger partial charge in [-0.2, -0.15) is 0 Å². The Morgan fingerprint density at radius 3 is 2.45 bits per heavy atom. The molecule has 0 aliphatic heterocycles. The Balaban J connectivity index is 1.93. The summed E-state index contributed by atoms with van der Waals surface area (Å²) in [6.45, 7) is 3.52. The van der Waals surface area contributed by atoms with E-state index >= 15 is 0 Å². The molecular weight excluding hydrogens is 248 g/mol. The Morgan fingerprint density at radius 2 is 1.80 bits per heavy atom. The second-order valence-corrected chi connectivity index (χ2v) is 7.07. The van der Waals surface area contributed by atoms with Crippen molar-refractivity contribution >= 4 is 0 Å². The lowest BCUT2D eigenvalue weighted by Crippen LogP contribution is -2.56. The van der Waals surface area contributed by atoms with Gasteiger partial charge in [-0.15, -0.1) is 0 Å². The van der Waals surface area contributed by atoms with Crippen LogP contribution in [0.1, 0.15) is 71.1 Å². The van der Waals surface area contributed by atoms with Crippen LogP contribution in [0.4, 0.5) is 0 Å². The molecule has 20 heavy (non-hydrogen) atoms. The van der Waals surface area contributed by atoms with Crippen molar-refractivity contribution in [2.45, 2.75) is 88.8 Å². The molecule has 0 bridgehead atoms. The monoisotopic (exact) mass is 282 g/mol. The van der Waals surface area contributed by atoms with Crippen molar-refractivity contribution in [3.05, 3.63) is 0 Å². The van der Waals surface area contributed by atoms with E-state index in [4.69, 9.17) is 0 Å². The molecule has 0 saturated heterocycles. The zero-order valence-corrected chi connectivity index (χ0v) is 13.5. The molecule has 0 aromatic heterocycles. The number of aliphatic hydroxyl groups is 1. The molecule has 118 valence electrons. The fourth-order valence-electron chi connectivity index (χ4n) is 4.22. The van der Waals surface area contributed by atoms with Gasteiger partial charge in [-0.05, 0) is 58.5 Å². The molecule has 2 aliphatic rings. The van der Waals surface area contributed by atoms with Crippen LogP contribution in [0.5, 0.6) is 0 Å². The van der Waals surface area contributed by atoms with Gasteiger partial charge in [0.2, 0.25) is 0 Å². The standard InChI is InChI=1S/C17H34N2O/c1-3-12-18-17(14-20)11-7-10-16(13-17)19(2)15-8-5-4-6-9-15/h15-16,18,20H,3-14H2,1-2H3. The Labute approximate surface area is 125 Å². The largest absolute Gasteiger partial charge is 0.394 e. The second-order valence-electron chi connectivity index (χ2n) is 7.07. The third-order valence-corrected chi connectivity index (χ3v) is 5.60. The van der Waals surface area contributed by atoms with E-state index in [0.717, 1.165) is 31.8 Å². The minimum absolute atomic E-state index is 0.0121. The normalized spacial score (nSPS) is 32.7. The highest BCUT2D eigenvalue weighted by molar-refractivity contribution is 4.97. The molecule has 0 radical (unpaired) electrons. The summed E-state index contributed by atoms with van der Waals surface area (Å²) in [6, 6.07) is 1.44. The molecule has 3 heteroatoms. The molecule has 0 aromatic carbocycles. The van der Waals surface area contributed by atoms with E-state index in [9.17, 15) is 5.11 Å². The molecule has 2 atom stereocenters. The molecule has 2 N–H and O–H groups in total. The first-order valence-corrected chi connectivity index (χ1v) is 8.78. The van der Waals surface area contributed by atoms with Crippen LogP contribution < -0.4 is 5.32 Å². The summed E-state index contributed by atoms with van der Waals surface area (Å²) < 4.78 is 0. The van der Waals surface area contributed by atoms with Gasteiger partial charge in [-0.3, -0.25) is 0 Å². The van der Waals surface area contributed by atoms with Gasteiger partial charge in [0, 0.05) is 17.6 Å². The van der Waals surface area contributed by atoms with Crippen molar-refractivity contribution in [3.8, 4) is 0 Å². The first-order valence-electron chi connectivity index (χ1n) is 8.78. The highest BCUT2D eigenvalue weighted by Crippen LogP contribution is 2.33. The first-order chi connectivity index (χ1) is 9.71. The van der Waals surface area contributed by atoms with E-state index in [0.29, 0.717) is 12.6 Å². The summed E-state index contributed by atoms with van der Waals surface area (Å²) >= 11 is 0. The topological polar surface area (TPSA) is 35.5 Å². The minimum atomic E-state index is -0.0121. The van der Waals surface area contributed by atoms with Crippen molar-refractivity contribution < 1.29 is 5.11 Å². The van der Waals surface area contributed by atoms with E-state index in [-0.39, 0.29) is 5.54 Å². The van der Waals surface area contributed by atoms with Crippen molar-refractivity contribution in [3.63, 3.8) is 0 Å². The second kappa shape index (κ2) is 7.77. The van der Waals surface area contributed by atoms with Crippen LogP contribution in [0, 0.1) is 0 Å². The summed E-state index contributed by atoms with van der Waals surface area (Å²) in [5.41, 5.74) is -0.0121. The fraction of sp³-hybridized carbons (Fsp3) is 1.00. The van der Waals surface area contributed by atoms with Crippen molar-refractivity contribution in [2.24, 2.45) is 0 Å². The SMILES string of the molecule is CCCNC1(CO)CCCC(N(C)C2CCCCC2)C1. The van der Waals surface area contributed by atoms with Gasteiger partial charge in [-0.1, -0.05) is 26.2 Å². The van der Waals surface area contributed by atoms with Gasteiger partial charge in [0.25, 0.3) is 0 Å². The Morgan fingerprint density at radius 1 is 1.10 bits per heavy atom. The smallest absolute Gasteiger partial charge is 0.0613 e. The highest BCUT2D eigenvalue weighted by Gasteiger charge is 2.38. The Hall–Kier alpha value is -0.120. The van der Waals surface area contributed by atoms with Gasteiger partial charge < -0.3 is 15.3 Å². The van der Waals surface area contributed by atoms with Crippen LogP contribution in [-0.4, -0.2) is 47.8 Å². The van der Waals surface area contributed by atoms with Crippen molar-refractivity contribution in [1.29, 1.82) is 0 Å². The predicted molar refractivity (Wildman–Crippen MR) is 85.0 cm³/mol. The third kappa shape index (κ3) is 3.96. The van der Waals surface area contributed by atoms with Crippen molar-refractivity contribution in [2.75, 3.05) is 20.2 Å². The van der Waals surface area contributed by atoms with Crippen LogP contribution >= 0.6 is 0 Å². The average Bonchev–Trinajstić information content (AvgIpc) is 2.53. The summed E-state index contributed by atoms with van der Waals surface area (Å²) in [6.07, 6.45) is 12.9. The number of hydrogen-bond donors (Lipinski definition) is 2. The van der Waals surface area contributed by atoms with Crippen molar-refractivity contribution in [1.82, 2.24) is 10.2 Å². The molecule has 0 aromatic rings. The summed E-state index contributed by atoms with van der Waals surface area (Å²) in [7, 11) is 2.33. The maximum atomic E-state index is 9.90. The number of nitrogens with zero attached hydrogens (tertiary/aromatic N) is 1. The third-order valence-electron chi connectivity index (χ3n) is 5.60. The zero-order valence-electron chi connectivity index (χ0n) is 13.5. The van der Waals surface area contributed by atoms with E-state index in [2.05, 4.69) is 24.2 Å². The molecule has 2 fully saturated rings. The van der Waals surface area contributed by atoms with E-state index in [1.807, 2.05) is 0 Å². The van der Waals surface area contributed by atoms with E-state index in [1.54, 1.807) is 0 Å². The molecule has 0 amide bonds. The van der Waals surface area contributed by atoms with Gasteiger partial charge in [0.05, 0.1) is 6.61 Å². The molecule has 0 heterocycles. The quantitative estimate of drug-likeness (QED) is 0.786. The zero-order chi connectivity index (χ0) is 14.4. The molecular formula is C17H34N2O. The molecule has 2 unspecified atom stereocenters.